The first-order chi connectivity index (χ1) is 13.3. The average Bonchev–Trinajstić information content (AvgIpc) is 3.28. The van der Waals surface area contributed by atoms with Gasteiger partial charge in [-0.1, -0.05) is 5.16 Å². The number of hydrogen-bond donors (Lipinski definition) is 1. The first kappa shape index (κ1) is 19.3. The third kappa shape index (κ3) is 3.09. The zero-order valence-corrected chi connectivity index (χ0v) is 17.5. The molecule has 0 spiro atoms. The number of aryl methyl sites for hydroxylation is 2. The number of nitrogens with zero attached hydrogens (tertiary/aromatic N) is 5. The molecule has 0 aliphatic carbocycles. The molecule has 2 aromatic heterocycles. The predicted molar refractivity (Wildman–Crippen MR) is 103 cm³/mol. The van der Waals surface area contributed by atoms with E-state index >= 15 is 0 Å². The number of sulfonamides is 1. The van der Waals surface area contributed by atoms with Crippen molar-refractivity contribution in [3.63, 3.8) is 0 Å². The number of likely N-dealkylation sites (N-methyl/N-ethyl adjacent to an activating group) is 1. The summed E-state index contributed by atoms with van der Waals surface area (Å²) in [6.07, 6.45) is 2.30. The zero-order chi connectivity index (χ0) is 20.1. The van der Waals surface area contributed by atoms with Gasteiger partial charge in [0.15, 0.2) is 5.76 Å². The van der Waals surface area contributed by atoms with Gasteiger partial charge in [0, 0.05) is 38.7 Å². The summed E-state index contributed by atoms with van der Waals surface area (Å²) in [4.78, 5) is 11.9. The average molecular weight is 407 g/mol. The smallest absolute Gasteiger partial charge is 0.249 e. The van der Waals surface area contributed by atoms with Crippen LogP contribution in [0, 0.1) is 13.8 Å². The van der Waals surface area contributed by atoms with E-state index < -0.39 is 10.0 Å². The van der Waals surface area contributed by atoms with Crippen LogP contribution in [-0.4, -0.2) is 59.9 Å². The fraction of sp³-hybridized carbons (Fsp3) is 0.611. The third-order valence-electron chi connectivity index (χ3n) is 5.54. The first-order valence-corrected chi connectivity index (χ1v) is 11.0. The summed E-state index contributed by atoms with van der Waals surface area (Å²) < 4.78 is 33.3. The standard InChI is InChI=1S/C18H26N6O3S/c1-11-16(12(2)27-22-11)28(25,26)24-8-5-6-15(24)18-20-14-7-9-23(4)10-13(14)17(19-3)21-18/h15H,5-10H2,1-4H3,(H,19,20,21). The highest BCUT2D eigenvalue weighted by Gasteiger charge is 2.41. The molecule has 4 heterocycles. The van der Waals surface area contributed by atoms with Gasteiger partial charge < -0.3 is 14.7 Å². The van der Waals surface area contributed by atoms with Crippen molar-refractivity contribution in [2.75, 3.05) is 32.5 Å². The van der Waals surface area contributed by atoms with Gasteiger partial charge >= 0.3 is 0 Å². The van der Waals surface area contributed by atoms with Gasteiger partial charge in [-0.25, -0.2) is 18.4 Å². The fourth-order valence-corrected chi connectivity index (χ4v) is 6.12. The minimum absolute atomic E-state index is 0.160. The maximum atomic E-state index is 13.4. The molecular weight excluding hydrogens is 380 g/mol. The molecule has 28 heavy (non-hydrogen) atoms. The number of rotatable bonds is 4. The molecule has 0 aromatic carbocycles. The van der Waals surface area contributed by atoms with E-state index in [4.69, 9.17) is 14.5 Å². The lowest BCUT2D eigenvalue weighted by Gasteiger charge is -2.28. The first-order valence-electron chi connectivity index (χ1n) is 9.53. The van der Waals surface area contributed by atoms with Crippen molar-refractivity contribution < 1.29 is 12.9 Å². The van der Waals surface area contributed by atoms with E-state index in [-0.39, 0.29) is 10.9 Å². The minimum Gasteiger partial charge on any atom is -0.373 e. The van der Waals surface area contributed by atoms with Crippen LogP contribution in [0.25, 0.3) is 0 Å². The van der Waals surface area contributed by atoms with Crippen molar-refractivity contribution in [2.24, 2.45) is 0 Å². The number of fused-ring (bicyclic) bond motifs is 1. The highest BCUT2D eigenvalue weighted by molar-refractivity contribution is 7.89. The molecule has 1 unspecified atom stereocenters. The van der Waals surface area contributed by atoms with Gasteiger partial charge in [0.1, 0.15) is 22.2 Å². The van der Waals surface area contributed by atoms with Crippen LogP contribution in [0.1, 0.15) is 47.4 Å². The molecule has 2 aromatic rings. The van der Waals surface area contributed by atoms with Gasteiger partial charge in [0.2, 0.25) is 10.0 Å². The van der Waals surface area contributed by atoms with E-state index in [0.717, 1.165) is 43.0 Å². The topological polar surface area (TPSA) is 104 Å². The molecule has 152 valence electrons. The van der Waals surface area contributed by atoms with E-state index in [9.17, 15) is 8.42 Å². The molecule has 0 amide bonds. The van der Waals surface area contributed by atoms with Gasteiger partial charge in [-0.3, -0.25) is 0 Å². The summed E-state index contributed by atoms with van der Waals surface area (Å²) in [6.45, 7) is 5.44. The van der Waals surface area contributed by atoms with Gasteiger partial charge in [0.25, 0.3) is 0 Å². The summed E-state index contributed by atoms with van der Waals surface area (Å²) in [6, 6.07) is -0.379. The van der Waals surface area contributed by atoms with Crippen molar-refractivity contribution >= 4 is 15.8 Å². The van der Waals surface area contributed by atoms with E-state index in [1.54, 1.807) is 13.8 Å². The molecule has 0 saturated carbocycles. The van der Waals surface area contributed by atoms with Crippen molar-refractivity contribution in [2.45, 2.75) is 50.6 Å². The van der Waals surface area contributed by atoms with Crippen LogP contribution >= 0.6 is 0 Å². The maximum Gasteiger partial charge on any atom is 0.249 e. The van der Waals surface area contributed by atoms with Crippen LogP contribution in [0.15, 0.2) is 9.42 Å². The molecule has 1 saturated heterocycles. The van der Waals surface area contributed by atoms with Gasteiger partial charge in [0.05, 0.1) is 11.7 Å². The van der Waals surface area contributed by atoms with E-state index in [1.165, 1.54) is 4.31 Å². The second-order valence-corrected chi connectivity index (χ2v) is 9.35. The van der Waals surface area contributed by atoms with Crippen LogP contribution in [-0.2, 0) is 23.0 Å². The maximum absolute atomic E-state index is 13.4. The molecule has 1 N–H and O–H groups in total. The second-order valence-electron chi connectivity index (χ2n) is 7.52. The number of aromatic nitrogens is 3. The Balaban J connectivity index is 1.75. The normalized spacial score (nSPS) is 21.1. The van der Waals surface area contributed by atoms with E-state index in [2.05, 4.69) is 22.4 Å². The Labute approximate surface area is 165 Å². The largest absolute Gasteiger partial charge is 0.373 e. The third-order valence-corrected chi connectivity index (χ3v) is 7.69. The predicted octanol–water partition coefficient (Wildman–Crippen LogP) is 1.64. The molecule has 2 aliphatic heterocycles. The molecule has 1 fully saturated rings. The van der Waals surface area contributed by atoms with E-state index in [0.29, 0.717) is 30.2 Å². The van der Waals surface area contributed by atoms with Gasteiger partial charge in [-0.05, 0) is 33.7 Å². The molecule has 0 bridgehead atoms. The highest BCUT2D eigenvalue weighted by Crippen LogP contribution is 2.38. The van der Waals surface area contributed by atoms with E-state index in [1.807, 2.05) is 7.05 Å². The molecule has 1 atom stereocenters. The molecule has 0 radical (unpaired) electrons. The summed E-state index contributed by atoms with van der Waals surface area (Å²) in [7, 11) is 0.181. The van der Waals surface area contributed by atoms with Crippen LogP contribution in [0.4, 0.5) is 5.82 Å². The number of nitrogens with one attached hydrogen (secondary N) is 1. The Bertz CT molecular complexity index is 966. The summed E-state index contributed by atoms with van der Waals surface area (Å²) >= 11 is 0. The van der Waals surface area contributed by atoms with Crippen molar-refractivity contribution in [3.8, 4) is 0 Å². The summed E-state index contributed by atoms with van der Waals surface area (Å²) in [5.74, 6) is 1.67. The Morgan fingerprint density at radius 3 is 2.68 bits per heavy atom. The molecule has 4 rings (SSSR count). The Kier molecular flexibility index (Phi) is 4.88. The molecule has 9 nitrogen and oxygen atoms in total. The lowest BCUT2D eigenvalue weighted by atomic mass is 10.1. The van der Waals surface area contributed by atoms with Crippen LogP contribution in [0.2, 0.25) is 0 Å². The number of hydrogen-bond acceptors (Lipinski definition) is 8. The van der Waals surface area contributed by atoms with Crippen LogP contribution in [0.5, 0.6) is 0 Å². The summed E-state index contributed by atoms with van der Waals surface area (Å²) in [5, 5.41) is 6.99. The van der Waals surface area contributed by atoms with Crippen molar-refractivity contribution in [1.29, 1.82) is 0 Å². The van der Waals surface area contributed by atoms with Crippen molar-refractivity contribution in [3.05, 3.63) is 28.5 Å². The highest BCUT2D eigenvalue weighted by atomic mass is 32.2. The minimum atomic E-state index is -3.74. The SMILES string of the molecule is CNc1nc(C2CCCN2S(=O)(=O)c2c(C)noc2C)nc2c1CN(C)CC2. The van der Waals surface area contributed by atoms with Crippen LogP contribution < -0.4 is 5.32 Å². The Morgan fingerprint density at radius 1 is 1.21 bits per heavy atom. The van der Waals surface area contributed by atoms with Gasteiger partial charge in [-0.2, -0.15) is 4.31 Å². The lowest BCUT2D eigenvalue weighted by Crippen LogP contribution is -2.34. The van der Waals surface area contributed by atoms with Crippen LogP contribution in [0.3, 0.4) is 0 Å². The molecular formula is C18H26N6O3S. The quantitative estimate of drug-likeness (QED) is 0.817. The fourth-order valence-electron chi connectivity index (χ4n) is 4.17. The summed E-state index contributed by atoms with van der Waals surface area (Å²) in [5.41, 5.74) is 2.49. The Hall–Kier alpha value is -2.04. The molecule has 10 heteroatoms. The molecule has 2 aliphatic rings. The Morgan fingerprint density at radius 2 is 2.00 bits per heavy atom. The monoisotopic (exact) mass is 406 g/mol. The second kappa shape index (κ2) is 7.09. The van der Waals surface area contributed by atoms with Gasteiger partial charge in [-0.15, -0.1) is 0 Å². The lowest BCUT2D eigenvalue weighted by molar-refractivity contribution is 0.307. The number of anilines is 1. The zero-order valence-electron chi connectivity index (χ0n) is 16.7. The van der Waals surface area contributed by atoms with Crippen molar-refractivity contribution in [1.82, 2.24) is 24.3 Å².